The van der Waals surface area contributed by atoms with Crippen LogP contribution in [-0.4, -0.2) is 40.9 Å². The first-order chi connectivity index (χ1) is 13.5. The molecule has 3 N–H and O–H groups in total. The predicted molar refractivity (Wildman–Crippen MR) is 111 cm³/mol. The molecule has 2 aromatic carbocycles. The summed E-state index contributed by atoms with van der Waals surface area (Å²) in [5.41, 5.74) is 2.27. The van der Waals surface area contributed by atoms with Gasteiger partial charge in [-0.25, -0.2) is 4.79 Å². The lowest BCUT2D eigenvalue weighted by molar-refractivity contribution is -0.132. The van der Waals surface area contributed by atoms with Crippen LogP contribution in [0, 0.1) is 0 Å². The molecule has 0 saturated carbocycles. The molecular formula is C20H22N4O3S. The molecule has 0 aromatic heterocycles. The molecule has 1 fully saturated rings. The first kappa shape index (κ1) is 19.8. The molecule has 1 atom stereocenters. The van der Waals surface area contributed by atoms with Crippen LogP contribution < -0.4 is 16.0 Å². The second-order valence-electron chi connectivity index (χ2n) is 6.43. The van der Waals surface area contributed by atoms with Crippen molar-refractivity contribution in [3.63, 3.8) is 0 Å². The minimum atomic E-state index is -0.326. The number of carbonyl (C=O) groups is 3. The summed E-state index contributed by atoms with van der Waals surface area (Å²) in [6, 6.07) is 15.9. The lowest BCUT2D eigenvalue weighted by Gasteiger charge is -2.18. The maximum Gasteiger partial charge on any atom is 0.323 e. The Bertz CT molecular complexity index is 842. The van der Waals surface area contributed by atoms with E-state index in [0.717, 1.165) is 5.56 Å². The number of carbonyl (C=O) groups excluding carboxylic acids is 3. The fraction of sp³-hybridized carbons (Fsp3) is 0.250. The highest BCUT2D eigenvalue weighted by molar-refractivity contribution is 8.00. The molecule has 0 radical (unpaired) electrons. The Morgan fingerprint density at radius 2 is 1.68 bits per heavy atom. The first-order valence-electron chi connectivity index (χ1n) is 8.89. The largest absolute Gasteiger partial charge is 0.348 e. The molecule has 146 valence electrons. The van der Waals surface area contributed by atoms with Crippen molar-refractivity contribution in [2.45, 2.75) is 13.0 Å². The number of anilines is 2. The summed E-state index contributed by atoms with van der Waals surface area (Å²) in [6.45, 7) is 1.96. The molecular weight excluding hydrogens is 376 g/mol. The van der Waals surface area contributed by atoms with Crippen molar-refractivity contribution < 1.29 is 14.4 Å². The molecule has 1 saturated heterocycles. The smallest absolute Gasteiger partial charge is 0.323 e. The summed E-state index contributed by atoms with van der Waals surface area (Å²) in [7, 11) is 0. The van der Waals surface area contributed by atoms with Crippen molar-refractivity contribution in [3.8, 4) is 0 Å². The molecule has 0 aliphatic carbocycles. The fourth-order valence-electron chi connectivity index (χ4n) is 2.75. The zero-order valence-electron chi connectivity index (χ0n) is 15.5. The van der Waals surface area contributed by atoms with Gasteiger partial charge in [-0.2, -0.15) is 0 Å². The number of nitrogens with zero attached hydrogens (tertiary/aromatic N) is 1. The normalized spacial score (nSPS) is 14.5. The molecule has 7 nitrogen and oxygen atoms in total. The van der Waals surface area contributed by atoms with Crippen LogP contribution in [-0.2, 0) is 9.59 Å². The molecule has 1 aliphatic heterocycles. The van der Waals surface area contributed by atoms with E-state index in [4.69, 9.17) is 0 Å². The van der Waals surface area contributed by atoms with Crippen LogP contribution in [0.1, 0.15) is 18.5 Å². The summed E-state index contributed by atoms with van der Waals surface area (Å²) >= 11 is 1.51. The summed E-state index contributed by atoms with van der Waals surface area (Å²) in [5, 5.41) is 8.41. The number of hydrogen-bond donors (Lipinski definition) is 3. The van der Waals surface area contributed by atoms with Crippen LogP contribution in [0.15, 0.2) is 54.6 Å². The zero-order chi connectivity index (χ0) is 19.9. The van der Waals surface area contributed by atoms with E-state index < -0.39 is 0 Å². The Morgan fingerprint density at radius 1 is 1.04 bits per heavy atom. The summed E-state index contributed by atoms with van der Waals surface area (Å²) in [4.78, 5) is 37.3. The van der Waals surface area contributed by atoms with E-state index in [1.807, 2.05) is 37.3 Å². The summed E-state index contributed by atoms with van der Waals surface area (Å²) in [6.07, 6.45) is 0. The van der Waals surface area contributed by atoms with Gasteiger partial charge in [0.1, 0.15) is 6.54 Å². The van der Waals surface area contributed by atoms with Crippen LogP contribution in [0.5, 0.6) is 0 Å². The lowest BCUT2D eigenvalue weighted by Crippen LogP contribution is -2.39. The highest BCUT2D eigenvalue weighted by Crippen LogP contribution is 2.18. The number of hydrogen-bond acceptors (Lipinski definition) is 4. The highest BCUT2D eigenvalue weighted by Gasteiger charge is 2.23. The SMILES string of the molecule is CC(NC(=O)CN1CSCC1=O)c1ccc(NC(=O)Nc2ccccc2)cc1. The Balaban J connectivity index is 1.49. The van der Waals surface area contributed by atoms with E-state index in [9.17, 15) is 14.4 Å². The molecule has 2 aromatic rings. The average Bonchev–Trinajstić information content (AvgIpc) is 3.07. The Hall–Kier alpha value is -3.00. The fourth-order valence-corrected chi connectivity index (χ4v) is 3.66. The molecule has 1 unspecified atom stereocenters. The van der Waals surface area contributed by atoms with Gasteiger partial charge in [-0.05, 0) is 36.8 Å². The molecule has 4 amide bonds. The second kappa shape index (κ2) is 9.27. The number of urea groups is 1. The molecule has 8 heteroatoms. The van der Waals surface area contributed by atoms with Crippen molar-refractivity contribution >= 4 is 41.0 Å². The van der Waals surface area contributed by atoms with E-state index in [-0.39, 0.29) is 30.4 Å². The Morgan fingerprint density at radius 3 is 2.29 bits per heavy atom. The van der Waals surface area contributed by atoms with Gasteiger partial charge in [-0.1, -0.05) is 30.3 Å². The average molecular weight is 398 g/mol. The predicted octanol–water partition coefficient (Wildman–Crippen LogP) is 3.04. The molecule has 1 aliphatic rings. The zero-order valence-corrected chi connectivity index (χ0v) is 16.3. The number of benzene rings is 2. The minimum absolute atomic E-state index is 0.00277. The van der Waals surface area contributed by atoms with Crippen molar-refractivity contribution in [1.29, 1.82) is 0 Å². The van der Waals surface area contributed by atoms with Crippen LogP contribution in [0.3, 0.4) is 0 Å². The molecule has 0 spiro atoms. The van der Waals surface area contributed by atoms with Gasteiger partial charge in [-0.3, -0.25) is 9.59 Å². The molecule has 3 rings (SSSR count). The Kier molecular flexibility index (Phi) is 6.54. The highest BCUT2D eigenvalue weighted by atomic mass is 32.2. The molecule has 1 heterocycles. The van der Waals surface area contributed by atoms with Crippen molar-refractivity contribution in [3.05, 3.63) is 60.2 Å². The second-order valence-corrected chi connectivity index (χ2v) is 7.38. The molecule has 0 bridgehead atoms. The molecule has 28 heavy (non-hydrogen) atoms. The third-order valence-electron chi connectivity index (χ3n) is 4.24. The van der Waals surface area contributed by atoms with Crippen LogP contribution in [0.4, 0.5) is 16.2 Å². The van der Waals surface area contributed by atoms with Gasteiger partial charge < -0.3 is 20.9 Å². The standard InChI is InChI=1S/C20H22N4O3S/c1-14(21-18(25)11-24-13-28-12-19(24)26)15-7-9-17(10-8-15)23-20(27)22-16-5-3-2-4-6-16/h2-10,14H,11-13H2,1H3,(H,21,25)(H2,22,23,27). The van der Waals surface area contributed by atoms with Gasteiger partial charge in [0.15, 0.2) is 0 Å². The topological polar surface area (TPSA) is 90.5 Å². The number of thioether (sulfide) groups is 1. The summed E-state index contributed by atoms with van der Waals surface area (Å²) in [5.74, 6) is 0.811. The van der Waals surface area contributed by atoms with Crippen molar-refractivity contribution in [1.82, 2.24) is 10.2 Å². The first-order valence-corrected chi connectivity index (χ1v) is 10.0. The third kappa shape index (κ3) is 5.50. The number of rotatable bonds is 6. The lowest BCUT2D eigenvalue weighted by atomic mass is 10.1. The van der Waals surface area contributed by atoms with Gasteiger partial charge in [0.05, 0.1) is 17.7 Å². The number of nitrogens with one attached hydrogen (secondary N) is 3. The number of amides is 4. The number of para-hydroxylation sites is 1. The quantitative estimate of drug-likeness (QED) is 0.698. The Labute approximate surface area is 167 Å². The van der Waals surface area contributed by atoms with Gasteiger partial charge >= 0.3 is 6.03 Å². The third-order valence-corrected chi connectivity index (χ3v) is 5.18. The van der Waals surface area contributed by atoms with E-state index >= 15 is 0 Å². The van der Waals surface area contributed by atoms with E-state index in [0.29, 0.717) is 23.0 Å². The van der Waals surface area contributed by atoms with Crippen LogP contribution >= 0.6 is 11.8 Å². The maximum absolute atomic E-state index is 12.1. The maximum atomic E-state index is 12.1. The van der Waals surface area contributed by atoms with Gasteiger partial charge in [0.2, 0.25) is 11.8 Å². The van der Waals surface area contributed by atoms with Crippen molar-refractivity contribution in [2.24, 2.45) is 0 Å². The van der Waals surface area contributed by atoms with Gasteiger partial charge in [-0.15, -0.1) is 11.8 Å². The summed E-state index contributed by atoms with van der Waals surface area (Å²) < 4.78 is 0. The van der Waals surface area contributed by atoms with Gasteiger partial charge in [0.25, 0.3) is 0 Å². The van der Waals surface area contributed by atoms with Crippen LogP contribution in [0.25, 0.3) is 0 Å². The minimum Gasteiger partial charge on any atom is -0.348 e. The monoisotopic (exact) mass is 398 g/mol. The van der Waals surface area contributed by atoms with Crippen LogP contribution in [0.2, 0.25) is 0 Å². The van der Waals surface area contributed by atoms with E-state index in [2.05, 4.69) is 16.0 Å². The van der Waals surface area contributed by atoms with E-state index in [1.165, 1.54) is 11.8 Å². The van der Waals surface area contributed by atoms with Gasteiger partial charge in [0, 0.05) is 11.4 Å². The van der Waals surface area contributed by atoms with E-state index in [1.54, 1.807) is 29.2 Å². The van der Waals surface area contributed by atoms with Crippen molar-refractivity contribution in [2.75, 3.05) is 28.8 Å².